The van der Waals surface area contributed by atoms with Crippen LogP contribution in [0.4, 0.5) is 4.39 Å². The van der Waals surface area contributed by atoms with Crippen molar-refractivity contribution in [3.05, 3.63) is 47.9 Å². The molecule has 0 N–H and O–H groups in total. The normalized spacial score (nSPS) is 18.1. The molecule has 1 aliphatic carbocycles. The highest BCUT2D eigenvalue weighted by Gasteiger charge is 2.14. The smallest absolute Gasteiger partial charge is 0.168 e. The first-order chi connectivity index (χ1) is 13.1. The zero-order chi connectivity index (χ0) is 19.2. The Hall–Kier alpha value is -2.78. The van der Waals surface area contributed by atoms with Crippen LogP contribution < -0.4 is 0 Å². The molecule has 0 atom stereocenters. The largest absolute Gasteiger partial charge is 0.319 e. The first kappa shape index (κ1) is 19.0. The van der Waals surface area contributed by atoms with Crippen molar-refractivity contribution in [2.24, 2.45) is 0 Å². The molecule has 2 aromatic rings. The summed E-state index contributed by atoms with van der Waals surface area (Å²) >= 11 is 0. The maximum absolute atomic E-state index is 12.3. The van der Waals surface area contributed by atoms with Gasteiger partial charge in [0.1, 0.15) is 11.9 Å². The molecule has 2 aliphatic rings. The number of aromatic nitrogens is 2. The lowest BCUT2D eigenvalue weighted by atomic mass is 10.0. The average Bonchev–Trinajstić information content (AvgIpc) is 3.14. The predicted molar refractivity (Wildman–Crippen MR) is 104 cm³/mol. The number of hydrogen-bond acceptors (Lipinski definition) is 4. The molecule has 0 bridgehead atoms. The van der Waals surface area contributed by atoms with E-state index in [0.29, 0.717) is 5.69 Å². The summed E-state index contributed by atoms with van der Waals surface area (Å²) < 4.78 is 14.4. The van der Waals surface area contributed by atoms with Crippen LogP contribution in [0.5, 0.6) is 0 Å². The Bertz CT molecular complexity index is 904. The Balaban J connectivity index is 0.000000221. The van der Waals surface area contributed by atoms with Crippen LogP contribution in [0.3, 0.4) is 0 Å². The van der Waals surface area contributed by atoms with E-state index in [2.05, 4.69) is 20.5 Å². The summed E-state index contributed by atoms with van der Waals surface area (Å²) in [5, 5.41) is 9.83. The highest BCUT2D eigenvalue weighted by Crippen LogP contribution is 2.26. The van der Waals surface area contributed by atoms with Gasteiger partial charge >= 0.3 is 0 Å². The third-order valence-electron chi connectivity index (χ3n) is 4.95. The quantitative estimate of drug-likeness (QED) is 0.754. The van der Waals surface area contributed by atoms with Crippen LogP contribution in [0.15, 0.2) is 42.3 Å². The molecular weight excluding hydrogens is 343 g/mol. The Morgan fingerprint density at radius 1 is 1.30 bits per heavy atom. The average molecular weight is 366 g/mol. The predicted octanol–water partition coefficient (Wildman–Crippen LogP) is 3.98. The van der Waals surface area contributed by atoms with Crippen molar-refractivity contribution in [2.75, 3.05) is 20.1 Å². The number of halogens is 1. The number of hydrogen-bond donors (Lipinski definition) is 0. The van der Waals surface area contributed by atoms with Crippen LogP contribution in [-0.4, -0.2) is 47.0 Å². The molecule has 0 unspecified atom stereocenters. The molecule has 0 spiro atoms. The summed E-state index contributed by atoms with van der Waals surface area (Å²) in [5.41, 5.74) is 3.36. The maximum Gasteiger partial charge on any atom is 0.168 e. The van der Waals surface area contributed by atoms with Gasteiger partial charge in [-0.15, -0.1) is 0 Å². The molecule has 2 aromatic heterocycles. The fourth-order valence-electron chi connectivity index (χ4n) is 3.26. The Morgan fingerprint density at radius 2 is 2.07 bits per heavy atom. The van der Waals surface area contributed by atoms with Crippen LogP contribution in [0, 0.1) is 11.3 Å². The molecular formula is C21H23FN4O. The zero-order valence-electron chi connectivity index (χ0n) is 15.4. The van der Waals surface area contributed by atoms with E-state index >= 15 is 0 Å². The van der Waals surface area contributed by atoms with E-state index in [1.54, 1.807) is 12.3 Å². The van der Waals surface area contributed by atoms with E-state index in [-0.39, 0.29) is 0 Å². The second-order valence-electron chi connectivity index (χ2n) is 6.91. The standard InChI is InChI=1S/C15H11N3O.C6H12FN/c16-8-11-1-3-14(4-2-11)18-6-5-12-7-13(10-19)17-9-15(12)18;1-8-4-2-6(7)3-5-8/h1,3,5-7,9-10H,2,4H2;6H,2-5H2,1H3. The number of piperidine rings is 1. The summed E-state index contributed by atoms with van der Waals surface area (Å²) in [7, 11) is 2.03. The van der Waals surface area contributed by atoms with Gasteiger partial charge < -0.3 is 9.47 Å². The van der Waals surface area contributed by atoms with E-state index in [0.717, 1.165) is 67.2 Å². The highest BCUT2D eigenvalue weighted by molar-refractivity contribution is 5.87. The van der Waals surface area contributed by atoms with Gasteiger partial charge in [-0.3, -0.25) is 9.78 Å². The lowest BCUT2D eigenvalue weighted by Crippen LogP contribution is -2.30. The van der Waals surface area contributed by atoms with Crippen LogP contribution in [-0.2, 0) is 0 Å². The first-order valence-electron chi connectivity index (χ1n) is 9.16. The number of likely N-dealkylation sites (tertiary alicyclic amines) is 1. The molecule has 0 saturated carbocycles. The zero-order valence-corrected chi connectivity index (χ0v) is 15.4. The molecule has 4 rings (SSSR count). The molecule has 3 heterocycles. The van der Waals surface area contributed by atoms with E-state index < -0.39 is 6.17 Å². The topological polar surface area (TPSA) is 61.9 Å². The van der Waals surface area contributed by atoms with E-state index in [4.69, 9.17) is 5.26 Å². The number of carbonyl (C=O) groups excluding carboxylic acids is 1. The van der Waals surface area contributed by atoms with E-state index in [1.807, 2.05) is 31.5 Å². The lowest BCUT2D eigenvalue weighted by Gasteiger charge is -2.23. The number of nitrogens with zero attached hydrogens (tertiary/aromatic N) is 4. The molecule has 140 valence electrons. The summed E-state index contributed by atoms with van der Waals surface area (Å²) in [6.07, 6.45) is 10.8. The van der Waals surface area contributed by atoms with E-state index in [9.17, 15) is 9.18 Å². The van der Waals surface area contributed by atoms with Gasteiger partial charge in [0.25, 0.3) is 0 Å². The minimum atomic E-state index is -0.522. The minimum absolute atomic E-state index is 0.439. The fraction of sp³-hybridized carbons (Fsp3) is 0.381. The van der Waals surface area contributed by atoms with E-state index in [1.165, 1.54) is 0 Å². The van der Waals surface area contributed by atoms with Gasteiger partial charge in [0, 0.05) is 35.9 Å². The number of pyridine rings is 1. The molecule has 1 saturated heterocycles. The summed E-state index contributed by atoms with van der Waals surface area (Å²) in [5.74, 6) is 0. The number of nitriles is 1. The Labute approximate surface area is 158 Å². The highest BCUT2D eigenvalue weighted by atomic mass is 19.1. The molecule has 27 heavy (non-hydrogen) atoms. The number of fused-ring (bicyclic) bond motifs is 1. The van der Waals surface area contributed by atoms with Gasteiger partial charge in [-0.05, 0) is 57.0 Å². The fourth-order valence-corrected chi connectivity index (χ4v) is 3.26. The number of alkyl halides is 1. The van der Waals surface area contributed by atoms with Crippen LogP contribution >= 0.6 is 0 Å². The van der Waals surface area contributed by atoms with Crippen molar-refractivity contribution in [1.82, 2.24) is 14.5 Å². The van der Waals surface area contributed by atoms with Crippen molar-refractivity contribution < 1.29 is 9.18 Å². The Kier molecular flexibility index (Phi) is 6.15. The van der Waals surface area contributed by atoms with Gasteiger partial charge in [-0.1, -0.05) is 0 Å². The molecule has 0 radical (unpaired) electrons. The maximum atomic E-state index is 12.3. The Morgan fingerprint density at radius 3 is 2.67 bits per heavy atom. The van der Waals surface area contributed by atoms with Gasteiger partial charge in [-0.25, -0.2) is 4.39 Å². The molecule has 5 nitrogen and oxygen atoms in total. The van der Waals surface area contributed by atoms with Gasteiger partial charge in [0.2, 0.25) is 0 Å². The second-order valence-corrected chi connectivity index (χ2v) is 6.91. The lowest BCUT2D eigenvalue weighted by molar-refractivity contribution is 0.111. The number of carbonyl (C=O) groups is 1. The summed E-state index contributed by atoms with van der Waals surface area (Å²) in [4.78, 5) is 17.0. The van der Waals surface area contributed by atoms with Crippen molar-refractivity contribution in [2.45, 2.75) is 31.9 Å². The van der Waals surface area contributed by atoms with Gasteiger partial charge in [0.15, 0.2) is 6.29 Å². The molecule has 1 fully saturated rings. The molecule has 1 aliphatic heterocycles. The summed E-state index contributed by atoms with van der Waals surface area (Å²) in [6, 6.07) is 5.92. The number of aldehydes is 1. The van der Waals surface area contributed by atoms with Crippen LogP contribution in [0.2, 0.25) is 0 Å². The SMILES string of the molecule is CN1CCC(F)CC1.N#CC1=CC=C(n2ccc3cc(C=O)ncc32)CC1. The third kappa shape index (κ3) is 4.69. The minimum Gasteiger partial charge on any atom is -0.319 e. The third-order valence-corrected chi connectivity index (χ3v) is 4.95. The number of allylic oxidation sites excluding steroid dienone is 4. The van der Waals surface area contributed by atoms with Crippen molar-refractivity contribution in [1.29, 1.82) is 5.26 Å². The first-order valence-corrected chi connectivity index (χ1v) is 9.16. The van der Waals surface area contributed by atoms with Crippen LogP contribution in [0.1, 0.15) is 36.2 Å². The second kappa shape index (κ2) is 8.74. The van der Waals surface area contributed by atoms with Crippen molar-refractivity contribution in [3.63, 3.8) is 0 Å². The molecule has 0 amide bonds. The van der Waals surface area contributed by atoms with Crippen molar-refractivity contribution >= 4 is 22.9 Å². The van der Waals surface area contributed by atoms with Crippen LogP contribution in [0.25, 0.3) is 16.6 Å². The van der Waals surface area contributed by atoms with Gasteiger partial charge in [0.05, 0.1) is 17.8 Å². The van der Waals surface area contributed by atoms with Gasteiger partial charge in [-0.2, -0.15) is 5.26 Å². The van der Waals surface area contributed by atoms with Crippen molar-refractivity contribution in [3.8, 4) is 6.07 Å². The molecule has 0 aromatic carbocycles. The number of rotatable bonds is 2. The monoisotopic (exact) mass is 366 g/mol. The summed E-state index contributed by atoms with van der Waals surface area (Å²) in [6.45, 7) is 1.86. The molecule has 6 heteroatoms.